The number of rotatable bonds is 3. The highest BCUT2D eigenvalue weighted by Crippen LogP contribution is 2.44. The first-order valence-corrected chi connectivity index (χ1v) is 5.37. The second kappa shape index (κ2) is 3.70. The summed E-state index contributed by atoms with van der Waals surface area (Å²) in [6.45, 7) is 2.84. The van der Waals surface area contributed by atoms with Gasteiger partial charge in [0.05, 0.1) is 5.69 Å². The van der Waals surface area contributed by atoms with Crippen LogP contribution in [0.25, 0.3) is 0 Å². The Balaban J connectivity index is 2.00. The van der Waals surface area contributed by atoms with Gasteiger partial charge < -0.3 is 16.2 Å². The van der Waals surface area contributed by atoms with Gasteiger partial charge in [-0.2, -0.15) is 0 Å². The van der Waals surface area contributed by atoms with Crippen LogP contribution in [0.3, 0.4) is 0 Å². The van der Waals surface area contributed by atoms with Crippen LogP contribution in [-0.4, -0.2) is 17.6 Å². The fourth-order valence-corrected chi connectivity index (χ4v) is 1.47. The summed E-state index contributed by atoms with van der Waals surface area (Å²) in [5.41, 5.74) is 6.47. The number of phenols is 1. The molecule has 0 radical (unpaired) electrons. The quantitative estimate of drug-likeness (QED) is 0.534. The number of carbonyl (C=O) groups is 1. The second-order valence-electron chi connectivity index (χ2n) is 4.77. The molecule has 2 rings (SSSR count). The summed E-state index contributed by atoms with van der Waals surface area (Å²) in [4.78, 5) is 11.7. The first kappa shape index (κ1) is 10.8. The Morgan fingerprint density at radius 2 is 2.25 bits per heavy atom. The van der Waals surface area contributed by atoms with E-state index in [1.54, 1.807) is 6.07 Å². The second-order valence-corrected chi connectivity index (χ2v) is 4.77. The van der Waals surface area contributed by atoms with Gasteiger partial charge in [0.2, 0.25) is 0 Å². The number of amides is 1. The highest BCUT2D eigenvalue weighted by molar-refractivity contribution is 5.95. The third-order valence-corrected chi connectivity index (χ3v) is 3.07. The lowest BCUT2D eigenvalue weighted by atomic mass is 10.1. The lowest BCUT2D eigenvalue weighted by molar-refractivity contribution is 0.0946. The summed E-state index contributed by atoms with van der Waals surface area (Å²) in [7, 11) is 0. The van der Waals surface area contributed by atoms with Gasteiger partial charge in [-0.05, 0) is 36.5 Å². The Morgan fingerprint density at radius 3 is 2.81 bits per heavy atom. The van der Waals surface area contributed by atoms with Crippen LogP contribution >= 0.6 is 0 Å². The van der Waals surface area contributed by atoms with Crippen LogP contribution in [0.2, 0.25) is 0 Å². The lowest BCUT2D eigenvalue weighted by Gasteiger charge is -2.10. The topological polar surface area (TPSA) is 75.4 Å². The molecule has 4 heteroatoms. The molecule has 0 spiro atoms. The molecule has 0 bridgehead atoms. The van der Waals surface area contributed by atoms with Crippen molar-refractivity contribution in [3.63, 3.8) is 0 Å². The van der Waals surface area contributed by atoms with Crippen molar-refractivity contribution in [3.05, 3.63) is 23.8 Å². The number of hydrogen-bond donors (Lipinski definition) is 3. The molecule has 0 aliphatic heterocycles. The maximum absolute atomic E-state index is 11.7. The van der Waals surface area contributed by atoms with Gasteiger partial charge in [0.1, 0.15) is 5.75 Å². The largest absolute Gasteiger partial charge is 0.506 e. The number of nitrogens with one attached hydrogen (secondary N) is 1. The van der Waals surface area contributed by atoms with E-state index < -0.39 is 0 Å². The van der Waals surface area contributed by atoms with Crippen LogP contribution in [0.15, 0.2) is 18.2 Å². The van der Waals surface area contributed by atoms with Crippen LogP contribution in [0, 0.1) is 5.41 Å². The van der Waals surface area contributed by atoms with Crippen molar-refractivity contribution < 1.29 is 9.90 Å². The first-order chi connectivity index (χ1) is 7.50. The Labute approximate surface area is 94.5 Å². The molecule has 16 heavy (non-hydrogen) atoms. The number of carbonyl (C=O) groups excluding carboxylic acids is 1. The van der Waals surface area contributed by atoms with Gasteiger partial charge in [0.25, 0.3) is 5.91 Å². The van der Waals surface area contributed by atoms with E-state index in [4.69, 9.17) is 5.73 Å². The predicted molar refractivity (Wildman–Crippen MR) is 62.2 cm³/mol. The van der Waals surface area contributed by atoms with Crippen molar-refractivity contribution in [2.75, 3.05) is 12.3 Å². The fourth-order valence-electron chi connectivity index (χ4n) is 1.47. The molecule has 4 nitrogen and oxygen atoms in total. The van der Waals surface area contributed by atoms with Gasteiger partial charge in [0.15, 0.2) is 0 Å². The highest BCUT2D eigenvalue weighted by atomic mass is 16.3. The Morgan fingerprint density at radius 1 is 1.56 bits per heavy atom. The summed E-state index contributed by atoms with van der Waals surface area (Å²) < 4.78 is 0. The van der Waals surface area contributed by atoms with Crippen LogP contribution in [0.1, 0.15) is 30.1 Å². The van der Waals surface area contributed by atoms with Crippen LogP contribution in [-0.2, 0) is 0 Å². The van der Waals surface area contributed by atoms with Crippen molar-refractivity contribution in [1.82, 2.24) is 5.32 Å². The molecule has 1 aromatic carbocycles. The molecule has 1 aliphatic rings. The van der Waals surface area contributed by atoms with Crippen LogP contribution in [0.4, 0.5) is 5.69 Å². The average molecular weight is 220 g/mol. The average Bonchev–Trinajstić information content (AvgIpc) is 2.98. The van der Waals surface area contributed by atoms with E-state index in [1.807, 2.05) is 0 Å². The highest BCUT2D eigenvalue weighted by Gasteiger charge is 2.37. The van der Waals surface area contributed by atoms with E-state index in [0.29, 0.717) is 12.1 Å². The minimum Gasteiger partial charge on any atom is -0.506 e. The number of nitrogens with two attached hydrogens (primary N) is 1. The van der Waals surface area contributed by atoms with Gasteiger partial charge >= 0.3 is 0 Å². The fraction of sp³-hybridized carbons (Fsp3) is 0.417. The predicted octanol–water partition coefficient (Wildman–Crippen LogP) is 1.50. The molecule has 1 amide bonds. The minimum absolute atomic E-state index is 0.0507. The van der Waals surface area contributed by atoms with E-state index >= 15 is 0 Å². The Kier molecular flexibility index (Phi) is 2.50. The molecule has 86 valence electrons. The van der Waals surface area contributed by atoms with Crippen molar-refractivity contribution in [1.29, 1.82) is 0 Å². The number of phenolic OH excluding ortho intramolecular Hbond substituents is 1. The molecule has 0 atom stereocenters. The summed E-state index contributed by atoms with van der Waals surface area (Å²) >= 11 is 0. The molecule has 0 aromatic heterocycles. The number of anilines is 1. The van der Waals surface area contributed by atoms with E-state index in [2.05, 4.69) is 12.2 Å². The first-order valence-electron chi connectivity index (χ1n) is 5.37. The van der Waals surface area contributed by atoms with E-state index in [0.717, 1.165) is 0 Å². The number of nitrogen functional groups attached to an aromatic ring is 1. The molecule has 0 heterocycles. The maximum Gasteiger partial charge on any atom is 0.251 e. The van der Waals surface area contributed by atoms with Crippen molar-refractivity contribution in [3.8, 4) is 5.75 Å². The number of aromatic hydroxyl groups is 1. The Bertz CT molecular complexity index is 425. The third-order valence-electron chi connectivity index (χ3n) is 3.07. The molecular formula is C12H16N2O2. The molecule has 1 fully saturated rings. The van der Waals surface area contributed by atoms with E-state index in [-0.39, 0.29) is 22.8 Å². The standard InChI is InChI=1S/C12H16N2O2/c1-12(4-5-12)7-14-11(16)8-2-3-9(13)10(15)6-8/h2-3,6,15H,4-5,7,13H2,1H3,(H,14,16). The van der Waals surface area contributed by atoms with Gasteiger partial charge in [-0.25, -0.2) is 0 Å². The van der Waals surface area contributed by atoms with Gasteiger partial charge in [-0.3, -0.25) is 4.79 Å². The van der Waals surface area contributed by atoms with E-state index in [9.17, 15) is 9.90 Å². The van der Waals surface area contributed by atoms with Gasteiger partial charge in [-0.1, -0.05) is 6.92 Å². The zero-order valence-electron chi connectivity index (χ0n) is 9.29. The molecular weight excluding hydrogens is 204 g/mol. The van der Waals surface area contributed by atoms with E-state index in [1.165, 1.54) is 25.0 Å². The van der Waals surface area contributed by atoms with Crippen LogP contribution in [0.5, 0.6) is 5.75 Å². The molecule has 0 unspecified atom stereocenters. The minimum atomic E-state index is -0.163. The zero-order chi connectivity index (χ0) is 11.8. The summed E-state index contributed by atoms with van der Waals surface area (Å²) in [5, 5.41) is 12.2. The lowest BCUT2D eigenvalue weighted by Crippen LogP contribution is -2.28. The Hall–Kier alpha value is -1.71. The monoisotopic (exact) mass is 220 g/mol. The summed E-state index contributed by atoms with van der Waals surface area (Å²) in [6, 6.07) is 4.53. The third kappa shape index (κ3) is 2.27. The summed E-state index contributed by atoms with van der Waals surface area (Å²) in [6.07, 6.45) is 2.33. The molecule has 1 aliphatic carbocycles. The van der Waals surface area contributed by atoms with Gasteiger partial charge in [0, 0.05) is 12.1 Å². The van der Waals surface area contributed by atoms with Crippen molar-refractivity contribution in [2.45, 2.75) is 19.8 Å². The number of hydrogen-bond acceptors (Lipinski definition) is 3. The molecule has 4 N–H and O–H groups in total. The zero-order valence-corrected chi connectivity index (χ0v) is 9.29. The number of benzene rings is 1. The molecule has 1 saturated carbocycles. The van der Waals surface area contributed by atoms with Crippen LogP contribution < -0.4 is 11.1 Å². The molecule has 0 saturated heterocycles. The normalized spacial score (nSPS) is 16.8. The van der Waals surface area contributed by atoms with Crippen molar-refractivity contribution >= 4 is 11.6 Å². The van der Waals surface area contributed by atoms with Gasteiger partial charge in [-0.15, -0.1) is 0 Å². The SMILES string of the molecule is CC1(CNC(=O)c2ccc(N)c(O)c2)CC1. The van der Waals surface area contributed by atoms with Crippen molar-refractivity contribution in [2.24, 2.45) is 5.41 Å². The smallest absolute Gasteiger partial charge is 0.251 e. The maximum atomic E-state index is 11.7. The summed E-state index contributed by atoms with van der Waals surface area (Å²) in [5.74, 6) is -0.214. The molecule has 1 aromatic rings.